The van der Waals surface area contributed by atoms with Crippen LogP contribution in [0.3, 0.4) is 0 Å². The smallest absolute Gasteiger partial charge is 0.261 e. The fraction of sp³-hybridized carbons (Fsp3) is 0.412. The second-order valence-electron chi connectivity index (χ2n) is 6.32. The van der Waals surface area contributed by atoms with Crippen LogP contribution in [0.15, 0.2) is 39.6 Å². The molecule has 2 unspecified atom stereocenters. The maximum atomic E-state index is 12.7. The highest BCUT2D eigenvalue weighted by molar-refractivity contribution is 9.10. The summed E-state index contributed by atoms with van der Waals surface area (Å²) in [5.41, 5.74) is 1.64. The van der Waals surface area contributed by atoms with Gasteiger partial charge in [-0.3, -0.25) is 9.36 Å². The van der Waals surface area contributed by atoms with Gasteiger partial charge in [0.05, 0.1) is 35.1 Å². The Morgan fingerprint density at radius 2 is 2.33 bits per heavy atom. The minimum atomic E-state index is -0.0889. The van der Waals surface area contributed by atoms with Crippen molar-refractivity contribution in [3.05, 3.63) is 50.1 Å². The second kappa shape index (κ2) is 6.50. The maximum Gasteiger partial charge on any atom is 0.261 e. The Bertz CT molecular complexity index is 880. The normalized spacial score (nSPS) is 23.5. The molecule has 5 nitrogen and oxygen atoms in total. The molecule has 4 rings (SSSR count). The van der Waals surface area contributed by atoms with Crippen LogP contribution in [-0.2, 0) is 11.3 Å². The lowest BCUT2D eigenvalue weighted by molar-refractivity contribution is 0.0594. The van der Waals surface area contributed by atoms with Gasteiger partial charge in [-0.15, -0.1) is 0 Å². The first-order chi connectivity index (χ1) is 11.6. The maximum absolute atomic E-state index is 12.7. The molecule has 0 radical (unpaired) electrons. The SMILES string of the molecule is O=c1c2cc(Cl)c(Br)cc2ncn1CC1=COC2CCCNC2C1. The van der Waals surface area contributed by atoms with Crippen molar-refractivity contribution in [2.45, 2.75) is 38.0 Å². The molecule has 0 amide bonds. The molecular weight excluding hydrogens is 394 g/mol. The number of piperidine rings is 1. The number of ether oxygens (including phenoxy) is 1. The number of nitrogens with one attached hydrogen (secondary N) is 1. The summed E-state index contributed by atoms with van der Waals surface area (Å²) in [4.78, 5) is 17.1. The Labute approximate surface area is 152 Å². The van der Waals surface area contributed by atoms with Crippen molar-refractivity contribution in [2.24, 2.45) is 0 Å². The quantitative estimate of drug-likeness (QED) is 0.826. The molecule has 2 atom stereocenters. The van der Waals surface area contributed by atoms with E-state index in [4.69, 9.17) is 16.3 Å². The molecule has 2 aliphatic heterocycles. The molecule has 7 heteroatoms. The van der Waals surface area contributed by atoms with Gasteiger partial charge in [-0.2, -0.15) is 0 Å². The largest absolute Gasteiger partial charge is 0.496 e. The Balaban J connectivity index is 1.63. The monoisotopic (exact) mass is 409 g/mol. The molecule has 1 N–H and O–H groups in total. The molecule has 0 saturated carbocycles. The minimum absolute atomic E-state index is 0.0889. The van der Waals surface area contributed by atoms with Crippen molar-refractivity contribution in [1.82, 2.24) is 14.9 Å². The number of hydrogen-bond acceptors (Lipinski definition) is 4. The number of aromatic nitrogens is 2. The van der Waals surface area contributed by atoms with Crippen LogP contribution in [0.2, 0.25) is 5.02 Å². The van der Waals surface area contributed by atoms with E-state index in [1.165, 1.54) is 0 Å². The van der Waals surface area contributed by atoms with Crippen LogP contribution >= 0.6 is 27.5 Å². The summed E-state index contributed by atoms with van der Waals surface area (Å²) >= 11 is 9.48. The van der Waals surface area contributed by atoms with Crippen LogP contribution in [0.1, 0.15) is 19.3 Å². The number of halogens is 2. The van der Waals surface area contributed by atoms with E-state index in [9.17, 15) is 4.79 Å². The number of fused-ring (bicyclic) bond motifs is 2. The number of rotatable bonds is 2. The van der Waals surface area contributed by atoms with Crippen LogP contribution in [0.4, 0.5) is 0 Å². The topological polar surface area (TPSA) is 56.2 Å². The second-order valence-corrected chi connectivity index (χ2v) is 7.58. The third kappa shape index (κ3) is 2.98. The lowest BCUT2D eigenvalue weighted by Gasteiger charge is -2.36. The van der Waals surface area contributed by atoms with E-state index in [1.54, 1.807) is 23.0 Å². The van der Waals surface area contributed by atoms with Gasteiger partial charge in [-0.25, -0.2) is 4.98 Å². The Kier molecular flexibility index (Phi) is 4.37. The van der Waals surface area contributed by atoms with Crippen molar-refractivity contribution in [3.8, 4) is 0 Å². The molecule has 0 aliphatic carbocycles. The summed E-state index contributed by atoms with van der Waals surface area (Å²) in [7, 11) is 0. The van der Waals surface area contributed by atoms with Crippen molar-refractivity contribution in [2.75, 3.05) is 6.54 Å². The Morgan fingerprint density at radius 1 is 1.46 bits per heavy atom. The molecule has 1 fully saturated rings. The van der Waals surface area contributed by atoms with Gasteiger partial charge in [0.15, 0.2) is 0 Å². The van der Waals surface area contributed by atoms with Crippen LogP contribution in [0.25, 0.3) is 10.9 Å². The standard InChI is InChI=1S/C17H17BrClN3O2/c18-12-6-14-11(5-13(12)19)17(23)22(9-21-14)7-10-4-15-16(24-8-10)2-1-3-20-15/h5-6,8-9,15-16,20H,1-4,7H2. The molecule has 126 valence electrons. The number of hydrogen-bond donors (Lipinski definition) is 1. The average molecular weight is 411 g/mol. The third-order valence-corrected chi connectivity index (χ3v) is 5.85. The summed E-state index contributed by atoms with van der Waals surface area (Å²) in [5.74, 6) is 0. The van der Waals surface area contributed by atoms with Crippen LogP contribution in [0.5, 0.6) is 0 Å². The van der Waals surface area contributed by atoms with Gasteiger partial charge in [-0.05, 0) is 59.4 Å². The molecule has 24 heavy (non-hydrogen) atoms. The zero-order valence-corrected chi connectivity index (χ0v) is 15.3. The van der Waals surface area contributed by atoms with Crippen molar-refractivity contribution >= 4 is 38.4 Å². The zero-order chi connectivity index (χ0) is 16.7. The predicted molar refractivity (Wildman–Crippen MR) is 97.3 cm³/mol. The molecule has 3 heterocycles. The number of benzene rings is 1. The van der Waals surface area contributed by atoms with E-state index in [1.807, 2.05) is 6.26 Å². The molecule has 0 bridgehead atoms. The Hall–Kier alpha value is -1.37. The number of nitrogens with zero attached hydrogens (tertiary/aromatic N) is 2. The first kappa shape index (κ1) is 16.1. The predicted octanol–water partition coefficient (Wildman–Crippen LogP) is 3.24. The van der Waals surface area contributed by atoms with E-state index >= 15 is 0 Å². The molecule has 1 aromatic heterocycles. The lowest BCUT2D eigenvalue weighted by Crippen LogP contribution is -2.47. The molecule has 1 aromatic carbocycles. The lowest BCUT2D eigenvalue weighted by atomic mass is 9.93. The van der Waals surface area contributed by atoms with E-state index in [0.29, 0.717) is 28.5 Å². The average Bonchev–Trinajstić information content (AvgIpc) is 2.59. The fourth-order valence-corrected chi connectivity index (χ4v) is 3.89. The molecule has 0 spiro atoms. The zero-order valence-electron chi connectivity index (χ0n) is 13.0. The first-order valence-corrected chi connectivity index (χ1v) is 9.20. The van der Waals surface area contributed by atoms with Crippen molar-refractivity contribution in [3.63, 3.8) is 0 Å². The van der Waals surface area contributed by atoms with E-state index < -0.39 is 0 Å². The Morgan fingerprint density at radius 3 is 3.21 bits per heavy atom. The van der Waals surface area contributed by atoms with Crippen LogP contribution in [0, 0.1) is 0 Å². The highest BCUT2D eigenvalue weighted by atomic mass is 79.9. The summed E-state index contributed by atoms with van der Waals surface area (Å²) < 4.78 is 8.19. The van der Waals surface area contributed by atoms with Crippen molar-refractivity contribution < 1.29 is 4.74 Å². The van der Waals surface area contributed by atoms with Crippen LogP contribution in [-0.4, -0.2) is 28.2 Å². The van der Waals surface area contributed by atoms with Gasteiger partial charge in [0.25, 0.3) is 5.56 Å². The summed E-state index contributed by atoms with van der Waals surface area (Å²) in [5, 5.41) is 4.54. The minimum Gasteiger partial charge on any atom is -0.496 e. The third-order valence-electron chi connectivity index (χ3n) is 4.65. The fourth-order valence-electron chi connectivity index (χ4n) is 3.39. The van der Waals surface area contributed by atoms with E-state index in [2.05, 4.69) is 26.2 Å². The highest BCUT2D eigenvalue weighted by Gasteiger charge is 2.29. The summed E-state index contributed by atoms with van der Waals surface area (Å²) in [6.45, 7) is 1.52. The molecule has 2 aliphatic rings. The van der Waals surface area contributed by atoms with Gasteiger partial charge < -0.3 is 10.1 Å². The van der Waals surface area contributed by atoms with Gasteiger partial charge in [0, 0.05) is 10.5 Å². The summed E-state index contributed by atoms with van der Waals surface area (Å²) in [6.07, 6.45) is 6.80. The van der Waals surface area contributed by atoms with E-state index in [0.717, 1.165) is 35.9 Å². The van der Waals surface area contributed by atoms with Crippen molar-refractivity contribution in [1.29, 1.82) is 0 Å². The van der Waals surface area contributed by atoms with Gasteiger partial charge in [0.2, 0.25) is 0 Å². The van der Waals surface area contributed by atoms with Crippen LogP contribution < -0.4 is 10.9 Å². The van der Waals surface area contributed by atoms with Gasteiger partial charge in [-0.1, -0.05) is 11.6 Å². The highest BCUT2D eigenvalue weighted by Crippen LogP contribution is 2.27. The van der Waals surface area contributed by atoms with Gasteiger partial charge >= 0.3 is 0 Å². The van der Waals surface area contributed by atoms with E-state index in [-0.39, 0.29) is 11.7 Å². The molecular formula is C17H17BrClN3O2. The molecule has 2 aromatic rings. The first-order valence-electron chi connectivity index (χ1n) is 8.03. The summed E-state index contributed by atoms with van der Waals surface area (Å²) in [6, 6.07) is 3.77. The molecule has 1 saturated heterocycles. The van der Waals surface area contributed by atoms with Gasteiger partial charge in [0.1, 0.15) is 6.10 Å².